The van der Waals surface area contributed by atoms with Crippen LogP contribution in [0.2, 0.25) is 0 Å². The van der Waals surface area contributed by atoms with Crippen molar-refractivity contribution in [1.82, 2.24) is 5.32 Å². The first-order valence-corrected chi connectivity index (χ1v) is 9.73. The number of amides is 2. The van der Waals surface area contributed by atoms with Crippen LogP contribution in [0.3, 0.4) is 0 Å². The second kappa shape index (κ2) is 8.90. The van der Waals surface area contributed by atoms with Crippen molar-refractivity contribution in [3.8, 4) is 0 Å². The zero-order valence-electron chi connectivity index (χ0n) is 17.0. The fourth-order valence-corrected chi connectivity index (χ4v) is 3.57. The highest BCUT2D eigenvalue weighted by Crippen LogP contribution is 2.29. The molecule has 1 aliphatic heterocycles. The third kappa shape index (κ3) is 5.02. The summed E-state index contributed by atoms with van der Waals surface area (Å²) in [5, 5.41) is 2.80. The molecule has 1 heterocycles. The van der Waals surface area contributed by atoms with E-state index in [4.69, 9.17) is 4.74 Å². The Morgan fingerprint density at radius 3 is 2.59 bits per heavy atom. The molecule has 1 aliphatic rings. The lowest BCUT2D eigenvalue weighted by atomic mass is 10.1. The van der Waals surface area contributed by atoms with Crippen LogP contribution in [0.5, 0.6) is 0 Å². The summed E-state index contributed by atoms with van der Waals surface area (Å²) in [6, 6.07) is 15.2. The van der Waals surface area contributed by atoms with Gasteiger partial charge in [-0.2, -0.15) is 0 Å². The molecule has 152 valence electrons. The van der Waals surface area contributed by atoms with Gasteiger partial charge in [0.1, 0.15) is 0 Å². The molecular weight excluding hydrogens is 368 g/mol. The molecule has 1 N–H and O–H groups in total. The maximum Gasteiger partial charge on any atom is 0.311 e. The highest BCUT2D eigenvalue weighted by molar-refractivity contribution is 6.00. The van der Waals surface area contributed by atoms with E-state index < -0.39 is 11.9 Å². The van der Waals surface area contributed by atoms with E-state index in [1.165, 1.54) is 0 Å². The number of rotatable bonds is 6. The highest BCUT2D eigenvalue weighted by atomic mass is 16.5. The van der Waals surface area contributed by atoms with Gasteiger partial charge in [-0.15, -0.1) is 0 Å². The van der Waals surface area contributed by atoms with Gasteiger partial charge in [0.2, 0.25) is 5.91 Å². The minimum absolute atomic E-state index is 0.0915. The molecule has 0 saturated carbocycles. The van der Waals surface area contributed by atoms with Gasteiger partial charge in [-0.3, -0.25) is 14.4 Å². The summed E-state index contributed by atoms with van der Waals surface area (Å²) in [5.41, 5.74) is 3.88. The van der Waals surface area contributed by atoms with Crippen molar-refractivity contribution in [2.24, 2.45) is 5.92 Å². The first kappa shape index (κ1) is 20.6. The van der Waals surface area contributed by atoms with E-state index in [0.717, 1.165) is 22.4 Å². The molecule has 0 spiro atoms. The van der Waals surface area contributed by atoms with Crippen LogP contribution in [0.25, 0.3) is 0 Å². The van der Waals surface area contributed by atoms with Crippen molar-refractivity contribution in [2.75, 3.05) is 18.1 Å². The number of ether oxygens (including phenoxy) is 1. The monoisotopic (exact) mass is 394 g/mol. The van der Waals surface area contributed by atoms with Crippen LogP contribution in [-0.2, 0) is 19.1 Å². The van der Waals surface area contributed by atoms with Gasteiger partial charge in [-0.25, -0.2) is 0 Å². The van der Waals surface area contributed by atoms with E-state index in [0.29, 0.717) is 0 Å². The lowest BCUT2D eigenvalue weighted by Crippen LogP contribution is -2.33. The van der Waals surface area contributed by atoms with Crippen LogP contribution in [0.4, 0.5) is 5.69 Å². The summed E-state index contributed by atoms with van der Waals surface area (Å²) < 4.78 is 5.18. The van der Waals surface area contributed by atoms with E-state index in [-0.39, 0.29) is 37.4 Å². The van der Waals surface area contributed by atoms with Gasteiger partial charge >= 0.3 is 5.97 Å². The largest absolute Gasteiger partial charge is 0.455 e. The van der Waals surface area contributed by atoms with E-state index >= 15 is 0 Å². The lowest BCUT2D eigenvalue weighted by Gasteiger charge is -2.19. The number of hydrogen-bond acceptors (Lipinski definition) is 4. The summed E-state index contributed by atoms with van der Waals surface area (Å²) in [6.45, 7) is 5.71. The lowest BCUT2D eigenvalue weighted by molar-refractivity contribution is -0.152. The molecule has 29 heavy (non-hydrogen) atoms. The smallest absolute Gasteiger partial charge is 0.311 e. The molecule has 6 nitrogen and oxygen atoms in total. The molecular formula is C23H26N2O4. The van der Waals surface area contributed by atoms with Crippen molar-refractivity contribution in [2.45, 2.75) is 33.2 Å². The van der Waals surface area contributed by atoms with Crippen molar-refractivity contribution in [3.05, 3.63) is 65.2 Å². The summed E-state index contributed by atoms with van der Waals surface area (Å²) in [4.78, 5) is 38.5. The fraction of sp³-hybridized carbons (Fsp3) is 0.348. The number of benzene rings is 2. The van der Waals surface area contributed by atoms with Gasteiger partial charge in [0, 0.05) is 18.7 Å². The van der Waals surface area contributed by atoms with Crippen molar-refractivity contribution in [3.63, 3.8) is 0 Å². The maximum absolute atomic E-state index is 12.4. The van der Waals surface area contributed by atoms with Crippen molar-refractivity contribution in [1.29, 1.82) is 0 Å². The van der Waals surface area contributed by atoms with E-state index in [9.17, 15) is 14.4 Å². The predicted octanol–water partition coefficient (Wildman–Crippen LogP) is 3.08. The minimum atomic E-state index is -0.567. The maximum atomic E-state index is 12.4. The Labute approximate surface area is 170 Å². The van der Waals surface area contributed by atoms with Crippen molar-refractivity contribution < 1.29 is 19.1 Å². The van der Waals surface area contributed by atoms with Crippen LogP contribution < -0.4 is 10.2 Å². The summed E-state index contributed by atoms with van der Waals surface area (Å²) >= 11 is 0. The molecule has 0 aromatic heterocycles. The number of carbonyl (C=O) groups is 3. The molecule has 0 aliphatic carbocycles. The van der Waals surface area contributed by atoms with Crippen LogP contribution in [0.15, 0.2) is 48.5 Å². The summed E-state index contributed by atoms with van der Waals surface area (Å²) in [7, 11) is 0. The topological polar surface area (TPSA) is 75.7 Å². The SMILES string of the molecule is Cc1ccc(N2C[C@@H](C(=O)OCC(=O)N[C@@H](C)c3ccccc3)CC2=O)c(C)c1. The molecule has 2 aromatic rings. The van der Waals surface area contributed by atoms with E-state index in [1.807, 2.05) is 69.3 Å². The predicted molar refractivity (Wildman–Crippen MR) is 110 cm³/mol. The molecule has 0 radical (unpaired) electrons. The number of anilines is 1. The first-order chi connectivity index (χ1) is 13.8. The molecule has 2 aromatic carbocycles. The van der Waals surface area contributed by atoms with Gasteiger partial charge < -0.3 is 15.0 Å². The Hall–Kier alpha value is -3.15. The van der Waals surface area contributed by atoms with Gasteiger partial charge in [-0.05, 0) is 38.0 Å². The molecule has 6 heteroatoms. The molecule has 2 amide bonds. The Bertz CT molecular complexity index is 910. The molecule has 1 fully saturated rings. The Kier molecular flexibility index (Phi) is 6.32. The van der Waals surface area contributed by atoms with Crippen LogP contribution in [0, 0.1) is 19.8 Å². The summed E-state index contributed by atoms with van der Waals surface area (Å²) in [5.74, 6) is -1.57. The van der Waals surface area contributed by atoms with Crippen LogP contribution in [-0.4, -0.2) is 30.9 Å². The molecule has 0 unspecified atom stereocenters. The number of aryl methyl sites for hydroxylation is 2. The minimum Gasteiger partial charge on any atom is -0.455 e. The second-order valence-corrected chi connectivity index (χ2v) is 7.50. The van der Waals surface area contributed by atoms with E-state index in [1.54, 1.807) is 4.90 Å². The average molecular weight is 394 g/mol. The van der Waals surface area contributed by atoms with Crippen LogP contribution in [0.1, 0.15) is 36.1 Å². The van der Waals surface area contributed by atoms with E-state index in [2.05, 4.69) is 5.32 Å². The normalized spacial score (nSPS) is 17.1. The molecule has 1 saturated heterocycles. The van der Waals surface area contributed by atoms with Gasteiger partial charge in [0.25, 0.3) is 5.91 Å². The standard InChI is InChI=1S/C23H26N2O4/c1-15-9-10-20(16(2)11-15)25-13-19(12-22(25)27)23(28)29-14-21(26)24-17(3)18-7-5-4-6-8-18/h4-11,17,19H,12-14H2,1-3H3,(H,24,26)/t17-,19-/m0/s1. The second-order valence-electron chi connectivity index (χ2n) is 7.50. The zero-order valence-corrected chi connectivity index (χ0v) is 17.0. The highest BCUT2D eigenvalue weighted by Gasteiger charge is 2.36. The number of nitrogens with zero attached hydrogens (tertiary/aromatic N) is 1. The van der Waals surface area contributed by atoms with Crippen LogP contribution >= 0.6 is 0 Å². The van der Waals surface area contributed by atoms with Crippen molar-refractivity contribution >= 4 is 23.5 Å². The number of hydrogen-bond donors (Lipinski definition) is 1. The zero-order chi connectivity index (χ0) is 21.0. The number of carbonyl (C=O) groups excluding carboxylic acids is 3. The first-order valence-electron chi connectivity index (χ1n) is 9.73. The summed E-state index contributed by atoms with van der Waals surface area (Å²) in [6.07, 6.45) is 0.0915. The Balaban J connectivity index is 1.52. The molecule has 2 atom stereocenters. The fourth-order valence-electron chi connectivity index (χ4n) is 3.57. The number of esters is 1. The number of nitrogens with one attached hydrogen (secondary N) is 1. The van der Waals surface area contributed by atoms with Gasteiger partial charge in [-0.1, -0.05) is 48.0 Å². The third-order valence-electron chi connectivity index (χ3n) is 5.12. The average Bonchev–Trinajstić information content (AvgIpc) is 3.08. The molecule has 0 bridgehead atoms. The Morgan fingerprint density at radius 1 is 1.17 bits per heavy atom. The third-order valence-corrected chi connectivity index (χ3v) is 5.12. The van der Waals surface area contributed by atoms with Gasteiger partial charge in [0.05, 0.1) is 12.0 Å². The van der Waals surface area contributed by atoms with Gasteiger partial charge in [0.15, 0.2) is 6.61 Å². The Morgan fingerprint density at radius 2 is 1.90 bits per heavy atom. The quantitative estimate of drug-likeness (QED) is 0.764. The molecule has 3 rings (SSSR count).